The van der Waals surface area contributed by atoms with Gasteiger partial charge in [0.15, 0.2) is 22.8 Å². The Morgan fingerprint density at radius 2 is 1.97 bits per heavy atom. The summed E-state index contributed by atoms with van der Waals surface area (Å²) < 4.78 is 6.23. The number of nitrogens with zero attached hydrogens (tertiary/aromatic N) is 4. The second-order valence-electron chi connectivity index (χ2n) is 7.57. The van der Waals surface area contributed by atoms with Crippen LogP contribution in [0, 0.1) is 13.8 Å². The SMILES string of the molecule is Cc1cc([C@@H](C)Nc2ccc(Cl)nc2/C(N)=N/O)c2oc(-c3ncccn3)c(C)c(=O)c2c1. The average Bonchev–Trinajstić information content (AvgIpc) is 2.82. The Hall–Kier alpha value is -3.98. The van der Waals surface area contributed by atoms with E-state index < -0.39 is 0 Å². The number of halogens is 1. The summed E-state index contributed by atoms with van der Waals surface area (Å²) in [6, 6.07) is 8.34. The lowest BCUT2D eigenvalue weighted by Gasteiger charge is -2.20. The summed E-state index contributed by atoms with van der Waals surface area (Å²) in [5.41, 5.74) is 8.81. The van der Waals surface area contributed by atoms with Crippen molar-refractivity contribution in [2.45, 2.75) is 26.8 Å². The van der Waals surface area contributed by atoms with Crippen LogP contribution in [0.2, 0.25) is 5.15 Å². The van der Waals surface area contributed by atoms with Gasteiger partial charge in [-0.2, -0.15) is 0 Å². The first kappa shape index (κ1) is 22.2. The van der Waals surface area contributed by atoms with Crippen molar-refractivity contribution < 1.29 is 9.62 Å². The number of amidine groups is 1. The lowest BCUT2D eigenvalue weighted by molar-refractivity contribution is 0.318. The summed E-state index contributed by atoms with van der Waals surface area (Å²) in [7, 11) is 0. The molecule has 9 nitrogen and oxygen atoms in total. The first-order chi connectivity index (χ1) is 15.8. The summed E-state index contributed by atoms with van der Waals surface area (Å²) in [5.74, 6) is 0.458. The molecule has 0 unspecified atom stereocenters. The number of hydrogen-bond donors (Lipinski definition) is 3. The third-order valence-electron chi connectivity index (χ3n) is 5.21. The molecule has 0 spiro atoms. The molecule has 3 heterocycles. The summed E-state index contributed by atoms with van der Waals surface area (Å²) in [4.78, 5) is 25.8. The molecule has 1 aromatic carbocycles. The van der Waals surface area contributed by atoms with Gasteiger partial charge >= 0.3 is 0 Å². The molecule has 1 atom stereocenters. The highest BCUT2D eigenvalue weighted by molar-refractivity contribution is 6.29. The van der Waals surface area contributed by atoms with E-state index in [1.165, 1.54) is 0 Å². The van der Waals surface area contributed by atoms with Crippen LogP contribution in [0.4, 0.5) is 5.69 Å². The minimum Gasteiger partial charge on any atom is -0.452 e. The van der Waals surface area contributed by atoms with Crippen molar-refractivity contribution in [1.82, 2.24) is 15.0 Å². The molecule has 10 heteroatoms. The van der Waals surface area contributed by atoms with Gasteiger partial charge in [0.1, 0.15) is 16.4 Å². The van der Waals surface area contributed by atoms with Gasteiger partial charge < -0.3 is 20.7 Å². The minimum atomic E-state index is -0.351. The van der Waals surface area contributed by atoms with Crippen molar-refractivity contribution in [3.8, 4) is 11.6 Å². The second kappa shape index (κ2) is 8.87. The Morgan fingerprint density at radius 3 is 2.67 bits per heavy atom. The zero-order chi connectivity index (χ0) is 23.7. The molecule has 0 saturated carbocycles. The molecule has 33 heavy (non-hydrogen) atoms. The maximum absolute atomic E-state index is 13.2. The number of pyridine rings is 1. The topological polar surface area (TPSA) is 140 Å². The molecule has 168 valence electrons. The van der Waals surface area contributed by atoms with E-state index in [0.29, 0.717) is 33.8 Å². The van der Waals surface area contributed by atoms with Gasteiger partial charge in [0.05, 0.1) is 17.1 Å². The van der Waals surface area contributed by atoms with Gasteiger partial charge in [-0.15, -0.1) is 0 Å². The fourth-order valence-corrected chi connectivity index (χ4v) is 3.77. The highest BCUT2D eigenvalue weighted by Gasteiger charge is 2.21. The maximum Gasteiger partial charge on any atom is 0.196 e. The number of nitrogens with one attached hydrogen (secondary N) is 1. The number of nitrogens with two attached hydrogens (primary N) is 1. The average molecular weight is 465 g/mol. The molecule has 0 saturated heterocycles. The van der Waals surface area contributed by atoms with Gasteiger partial charge in [-0.05, 0) is 50.6 Å². The molecule has 0 bridgehead atoms. The van der Waals surface area contributed by atoms with E-state index >= 15 is 0 Å². The van der Waals surface area contributed by atoms with E-state index in [9.17, 15) is 4.79 Å². The Kier molecular flexibility index (Phi) is 5.97. The first-order valence-electron chi connectivity index (χ1n) is 10.1. The minimum absolute atomic E-state index is 0.152. The number of hydrogen-bond acceptors (Lipinski definition) is 8. The van der Waals surface area contributed by atoms with Gasteiger partial charge in [0.25, 0.3) is 0 Å². The number of fused-ring (bicyclic) bond motifs is 1. The van der Waals surface area contributed by atoms with Crippen LogP contribution >= 0.6 is 11.6 Å². The Labute approximate surface area is 194 Å². The molecular formula is C23H21ClN6O3. The molecule has 0 fully saturated rings. The quantitative estimate of drug-likeness (QED) is 0.131. The first-order valence-corrected chi connectivity index (χ1v) is 10.4. The zero-order valence-corrected chi connectivity index (χ0v) is 18.9. The van der Waals surface area contributed by atoms with Gasteiger partial charge in [-0.3, -0.25) is 4.79 Å². The monoisotopic (exact) mass is 464 g/mol. The zero-order valence-electron chi connectivity index (χ0n) is 18.1. The van der Waals surface area contributed by atoms with Crippen LogP contribution in [0.5, 0.6) is 0 Å². The molecule has 3 aromatic heterocycles. The molecule has 0 radical (unpaired) electrons. The molecule has 4 rings (SSSR count). The molecule has 0 aliphatic heterocycles. The largest absolute Gasteiger partial charge is 0.452 e. The Balaban J connectivity index is 1.88. The summed E-state index contributed by atoms with van der Waals surface area (Å²) >= 11 is 5.99. The maximum atomic E-state index is 13.2. The molecule has 0 aliphatic carbocycles. The fraction of sp³-hybridized carbons (Fsp3) is 0.174. The molecule has 0 amide bonds. The van der Waals surface area contributed by atoms with E-state index in [-0.39, 0.29) is 28.2 Å². The standard InChI is InChI=1S/C23H21ClN6O3/c1-11-9-14(13(3)28-16-5-6-17(24)29-18(16)22(25)30-32)21-15(10-11)19(31)12(2)20(33-21)23-26-7-4-8-27-23/h4-10,13,28,32H,1-3H3,(H2,25,30)/t13-/m1/s1. The molecule has 4 N–H and O–H groups in total. The van der Waals surface area contributed by atoms with E-state index in [4.69, 9.17) is 27.0 Å². The lowest BCUT2D eigenvalue weighted by Crippen LogP contribution is -2.19. The molecular weight excluding hydrogens is 444 g/mol. The summed E-state index contributed by atoms with van der Waals surface area (Å²) in [6.07, 6.45) is 3.18. The predicted molar refractivity (Wildman–Crippen MR) is 127 cm³/mol. The van der Waals surface area contributed by atoms with Crippen molar-refractivity contribution in [3.05, 3.63) is 80.5 Å². The number of rotatable bonds is 5. The Morgan fingerprint density at radius 1 is 1.24 bits per heavy atom. The van der Waals surface area contributed by atoms with Gasteiger partial charge in [0.2, 0.25) is 0 Å². The fourth-order valence-electron chi connectivity index (χ4n) is 3.62. The smallest absolute Gasteiger partial charge is 0.196 e. The second-order valence-corrected chi connectivity index (χ2v) is 7.96. The third kappa shape index (κ3) is 4.22. The number of aryl methyl sites for hydroxylation is 1. The highest BCUT2D eigenvalue weighted by Crippen LogP contribution is 2.31. The van der Waals surface area contributed by atoms with E-state index in [2.05, 4.69) is 25.4 Å². The van der Waals surface area contributed by atoms with Crippen LogP contribution in [-0.2, 0) is 0 Å². The van der Waals surface area contributed by atoms with Crippen LogP contribution in [0.3, 0.4) is 0 Å². The lowest BCUT2D eigenvalue weighted by atomic mass is 9.99. The summed E-state index contributed by atoms with van der Waals surface area (Å²) in [6.45, 7) is 5.51. The van der Waals surface area contributed by atoms with Gasteiger partial charge in [-0.25, -0.2) is 15.0 Å². The number of benzene rings is 1. The van der Waals surface area contributed by atoms with Crippen molar-refractivity contribution in [3.63, 3.8) is 0 Å². The predicted octanol–water partition coefficient (Wildman–Crippen LogP) is 4.18. The van der Waals surface area contributed by atoms with Crippen LogP contribution in [0.1, 0.15) is 35.3 Å². The highest BCUT2D eigenvalue weighted by atomic mass is 35.5. The van der Waals surface area contributed by atoms with E-state index in [1.807, 2.05) is 19.9 Å². The molecule has 4 aromatic rings. The van der Waals surface area contributed by atoms with Crippen LogP contribution < -0.4 is 16.5 Å². The van der Waals surface area contributed by atoms with Crippen LogP contribution in [-0.4, -0.2) is 26.0 Å². The number of aromatic nitrogens is 3. The Bertz CT molecular complexity index is 1440. The van der Waals surface area contributed by atoms with Crippen molar-refractivity contribution >= 4 is 34.1 Å². The number of anilines is 1. The van der Waals surface area contributed by atoms with Crippen molar-refractivity contribution in [2.75, 3.05) is 5.32 Å². The third-order valence-corrected chi connectivity index (χ3v) is 5.42. The normalized spacial score (nSPS) is 12.7. The van der Waals surface area contributed by atoms with E-state index in [0.717, 1.165) is 11.1 Å². The summed E-state index contributed by atoms with van der Waals surface area (Å²) in [5, 5.41) is 16.1. The van der Waals surface area contributed by atoms with Crippen molar-refractivity contribution in [2.24, 2.45) is 10.9 Å². The number of oxime groups is 1. The van der Waals surface area contributed by atoms with Gasteiger partial charge in [-0.1, -0.05) is 22.8 Å². The van der Waals surface area contributed by atoms with Crippen LogP contribution in [0.25, 0.3) is 22.6 Å². The van der Waals surface area contributed by atoms with Crippen molar-refractivity contribution in [1.29, 1.82) is 0 Å². The molecule has 0 aliphatic rings. The van der Waals surface area contributed by atoms with Crippen LogP contribution in [0.15, 0.2) is 57.1 Å². The van der Waals surface area contributed by atoms with E-state index in [1.54, 1.807) is 43.6 Å². The van der Waals surface area contributed by atoms with Gasteiger partial charge in [0, 0.05) is 23.5 Å².